The molecule has 5 heteroatoms. The number of carbonyl (C=O) groups excluding carboxylic acids is 1. The summed E-state index contributed by atoms with van der Waals surface area (Å²) in [6, 6.07) is 6.95. The van der Waals surface area contributed by atoms with E-state index < -0.39 is 0 Å². The predicted octanol–water partition coefficient (Wildman–Crippen LogP) is 0.816. The summed E-state index contributed by atoms with van der Waals surface area (Å²) in [5, 5.41) is 11.8. The van der Waals surface area contributed by atoms with E-state index in [1.54, 1.807) is 18.2 Å². The summed E-state index contributed by atoms with van der Waals surface area (Å²) in [6.45, 7) is 1.85. The Labute approximate surface area is 94.0 Å². The minimum atomic E-state index is -0.360. The molecular formula is C11H14N4O. The highest BCUT2D eigenvalue weighted by molar-refractivity contribution is 5.75. The van der Waals surface area contributed by atoms with Crippen LogP contribution < -0.4 is 16.8 Å². The van der Waals surface area contributed by atoms with Crippen LogP contribution in [0.25, 0.3) is 0 Å². The molecule has 0 aliphatic rings. The van der Waals surface area contributed by atoms with Crippen LogP contribution in [0.4, 0.5) is 11.4 Å². The lowest BCUT2D eigenvalue weighted by Gasteiger charge is -2.14. The van der Waals surface area contributed by atoms with E-state index >= 15 is 0 Å². The van der Waals surface area contributed by atoms with Gasteiger partial charge in [-0.05, 0) is 25.1 Å². The van der Waals surface area contributed by atoms with Crippen molar-refractivity contribution in [3.63, 3.8) is 0 Å². The van der Waals surface area contributed by atoms with Gasteiger partial charge in [-0.15, -0.1) is 0 Å². The predicted molar refractivity (Wildman–Crippen MR) is 62.5 cm³/mol. The van der Waals surface area contributed by atoms with Crippen LogP contribution in [0.1, 0.15) is 18.9 Å². The van der Waals surface area contributed by atoms with Crippen molar-refractivity contribution in [3.8, 4) is 6.07 Å². The lowest BCUT2D eigenvalue weighted by Crippen LogP contribution is -2.24. The molecule has 0 saturated carbocycles. The van der Waals surface area contributed by atoms with Crippen LogP contribution in [0.3, 0.4) is 0 Å². The molecule has 0 spiro atoms. The Morgan fingerprint density at radius 1 is 1.62 bits per heavy atom. The summed E-state index contributed by atoms with van der Waals surface area (Å²) >= 11 is 0. The summed E-state index contributed by atoms with van der Waals surface area (Å²) in [5.74, 6) is -0.360. The standard InChI is InChI=1S/C11H14N4O/c1-7(4-11(14)16)15-9-3-2-8(6-12)10(13)5-9/h2-3,5,7,15H,4,13H2,1H3,(H2,14,16). The molecule has 5 nitrogen and oxygen atoms in total. The van der Waals surface area contributed by atoms with Crippen molar-refractivity contribution in [1.29, 1.82) is 5.26 Å². The molecule has 1 aromatic rings. The van der Waals surface area contributed by atoms with E-state index in [0.29, 0.717) is 11.3 Å². The second-order valence-corrected chi connectivity index (χ2v) is 3.63. The Morgan fingerprint density at radius 3 is 2.81 bits per heavy atom. The maximum absolute atomic E-state index is 10.7. The minimum Gasteiger partial charge on any atom is -0.398 e. The zero-order valence-electron chi connectivity index (χ0n) is 9.03. The minimum absolute atomic E-state index is 0.0650. The first-order valence-electron chi connectivity index (χ1n) is 4.87. The molecule has 1 rings (SSSR count). The number of rotatable bonds is 4. The number of hydrogen-bond acceptors (Lipinski definition) is 4. The number of nitrogens with one attached hydrogen (secondary N) is 1. The van der Waals surface area contributed by atoms with Crippen LogP contribution in [0.5, 0.6) is 0 Å². The molecule has 0 aromatic heterocycles. The molecule has 0 heterocycles. The third-order valence-corrected chi connectivity index (χ3v) is 2.09. The monoisotopic (exact) mass is 218 g/mol. The third kappa shape index (κ3) is 3.17. The van der Waals surface area contributed by atoms with Gasteiger partial charge in [-0.1, -0.05) is 0 Å². The summed E-state index contributed by atoms with van der Waals surface area (Å²) in [4.78, 5) is 10.7. The van der Waals surface area contributed by atoms with Crippen molar-refractivity contribution in [3.05, 3.63) is 23.8 Å². The van der Waals surface area contributed by atoms with Crippen molar-refractivity contribution >= 4 is 17.3 Å². The van der Waals surface area contributed by atoms with Gasteiger partial charge in [-0.2, -0.15) is 5.26 Å². The van der Waals surface area contributed by atoms with Crippen molar-refractivity contribution < 1.29 is 4.79 Å². The zero-order chi connectivity index (χ0) is 12.1. The first kappa shape index (κ1) is 11.9. The van der Waals surface area contributed by atoms with Crippen LogP contribution in [-0.2, 0) is 4.79 Å². The van der Waals surface area contributed by atoms with Crippen LogP contribution >= 0.6 is 0 Å². The fourth-order valence-electron chi connectivity index (χ4n) is 1.39. The van der Waals surface area contributed by atoms with Crippen LogP contribution in [0.15, 0.2) is 18.2 Å². The largest absolute Gasteiger partial charge is 0.398 e. The molecule has 0 saturated heterocycles. The summed E-state index contributed by atoms with van der Waals surface area (Å²) in [7, 11) is 0. The molecular weight excluding hydrogens is 204 g/mol. The second-order valence-electron chi connectivity index (χ2n) is 3.63. The number of anilines is 2. The van der Waals surface area contributed by atoms with Crippen molar-refractivity contribution in [2.75, 3.05) is 11.1 Å². The van der Waals surface area contributed by atoms with Gasteiger partial charge in [0.2, 0.25) is 5.91 Å². The van der Waals surface area contributed by atoms with E-state index in [1.807, 2.05) is 13.0 Å². The molecule has 0 fully saturated rings. The molecule has 5 N–H and O–H groups in total. The highest BCUT2D eigenvalue weighted by Crippen LogP contribution is 2.18. The van der Waals surface area contributed by atoms with E-state index in [1.165, 1.54) is 0 Å². The van der Waals surface area contributed by atoms with E-state index in [9.17, 15) is 4.79 Å². The van der Waals surface area contributed by atoms with Gasteiger partial charge in [-0.3, -0.25) is 4.79 Å². The number of hydrogen-bond donors (Lipinski definition) is 3. The lowest BCUT2D eigenvalue weighted by molar-refractivity contribution is -0.118. The topological polar surface area (TPSA) is 105 Å². The molecule has 0 bridgehead atoms. The Kier molecular flexibility index (Phi) is 3.72. The highest BCUT2D eigenvalue weighted by atomic mass is 16.1. The smallest absolute Gasteiger partial charge is 0.219 e. The number of nitrogens with zero attached hydrogens (tertiary/aromatic N) is 1. The number of nitriles is 1. The summed E-state index contributed by atoms with van der Waals surface area (Å²) in [5.41, 5.74) is 12.4. The van der Waals surface area contributed by atoms with Gasteiger partial charge in [0.25, 0.3) is 0 Å². The molecule has 0 aliphatic heterocycles. The summed E-state index contributed by atoms with van der Waals surface area (Å²) in [6.07, 6.45) is 0.250. The van der Waals surface area contributed by atoms with Crippen molar-refractivity contribution in [2.45, 2.75) is 19.4 Å². The second kappa shape index (κ2) is 5.03. The van der Waals surface area contributed by atoms with Gasteiger partial charge in [0.15, 0.2) is 0 Å². The number of primary amides is 1. The van der Waals surface area contributed by atoms with Crippen molar-refractivity contribution in [2.24, 2.45) is 5.73 Å². The van der Waals surface area contributed by atoms with Gasteiger partial charge in [0.05, 0.1) is 11.3 Å². The van der Waals surface area contributed by atoms with Gasteiger partial charge in [-0.25, -0.2) is 0 Å². The number of nitrogens with two attached hydrogens (primary N) is 2. The molecule has 1 unspecified atom stereocenters. The maximum Gasteiger partial charge on any atom is 0.219 e. The third-order valence-electron chi connectivity index (χ3n) is 2.09. The molecule has 0 aliphatic carbocycles. The Balaban J connectivity index is 2.72. The first-order valence-corrected chi connectivity index (χ1v) is 4.87. The molecule has 1 amide bonds. The zero-order valence-corrected chi connectivity index (χ0v) is 9.03. The van der Waals surface area contributed by atoms with Crippen LogP contribution in [0.2, 0.25) is 0 Å². The molecule has 1 atom stereocenters. The lowest BCUT2D eigenvalue weighted by atomic mass is 10.1. The van der Waals surface area contributed by atoms with Gasteiger partial charge >= 0.3 is 0 Å². The molecule has 1 aromatic carbocycles. The maximum atomic E-state index is 10.7. The van der Waals surface area contributed by atoms with Gasteiger partial charge in [0, 0.05) is 18.2 Å². The molecule has 84 valence electrons. The Morgan fingerprint density at radius 2 is 2.31 bits per heavy atom. The Bertz CT molecular complexity index is 436. The quantitative estimate of drug-likeness (QED) is 0.650. The average molecular weight is 218 g/mol. The first-order chi connectivity index (χ1) is 7.52. The number of carbonyl (C=O) groups is 1. The number of nitrogen functional groups attached to an aromatic ring is 1. The number of benzene rings is 1. The fraction of sp³-hybridized carbons (Fsp3) is 0.273. The van der Waals surface area contributed by atoms with Gasteiger partial charge < -0.3 is 16.8 Å². The average Bonchev–Trinajstić information content (AvgIpc) is 2.16. The molecule has 0 radical (unpaired) electrons. The SMILES string of the molecule is CC(CC(N)=O)Nc1ccc(C#N)c(N)c1. The van der Waals surface area contributed by atoms with E-state index in [0.717, 1.165) is 5.69 Å². The normalized spacial score (nSPS) is 11.5. The Hall–Kier alpha value is -2.22. The van der Waals surface area contributed by atoms with E-state index in [2.05, 4.69) is 5.32 Å². The van der Waals surface area contributed by atoms with E-state index in [-0.39, 0.29) is 18.4 Å². The summed E-state index contributed by atoms with van der Waals surface area (Å²) < 4.78 is 0. The van der Waals surface area contributed by atoms with Crippen LogP contribution in [-0.4, -0.2) is 11.9 Å². The molecule has 16 heavy (non-hydrogen) atoms. The highest BCUT2D eigenvalue weighted by Gasteiger charge is 2.06. The number of amides is 1. The fourth-order valence-corrected chi connectivity index (χ4v) is 1.39. The van der Waals surface area contributed by atoms with E-state index in [4.69, 9.17) is 16.7 Å². The van der Waals surface area contributed by atoms with Crippen molar-refractivity contribution in [1.82, 2.24) is 0 Å². The van der Waals surface area contributed by atoms with Gasteiger partial charge in [0.1, 0.15) is 6.07 Å². The van der Waals surface area contributed by atoms with Crippen LogP contribution in [0, 0.1) is 11.3 Å².